The fourth-order valence-electron chi connectivity index (χ4n) is 11.9. The number of nitrogens with one attached hydrogen (secondary N) is 2. The lowest BCUT2D eigenvalue weighted by atomic mass is 9.72. The molecule has 3 fully saturated rings. The van der Waals surface area contributed by atoms with Crippen molar-refractivity contribution in [2.45, 2.75) is 181 Å². The number of hydrogen-bond donors (Lipinski definition) is 3. The Labute approximate surface area is 519 Å². The summed E-state index contributed by atoms with van der Waals surface area (Å²) in [6.45, 7) is 8.59. The van der Waals surface area contributed by atoms with Crippen molar-refractivity contribution >= 4 is 81.6 Å². The molecule has 4 amide bonds. The van der Waals surface area contributed by atoms with E-state index < -0.39 is 59.3 Å². The third-order valence-electron chi connectivity index (χ3n) is 17.0. The summed E-state index contributed by atoms with van der Waals surface area (Å²) < 4.78 is 46.8. The first-order valence-corrected chi connectivity index (χ1v) is 32.6. The average Bonchev–Trinajstić information content (AvgIpc) is 0.850. The lowest BCUT2D eigenvalue weighted by molar-refractivity contribution is -0.328. The maximum Gasteiger partial charge on any atom is 0.409 e. The first-order valence-electron chi connectivity index (χ1n) is 30.1. The summed E-state index contributed by atoms with van der Waals surface area (Å²) in [5.74, 6) is 0.209. The number of allylic oxidation sites excluding steroid dienone is 3. The number of amides is 4. The van der Waals surface area contributed by atoms with E-state index in [-0.39, 0.29) is 62.3 Å². The number of benzene rings is 2. The molecule has 1 aliphatic carbocycles. The van der Waals surface area contributed by atoms with Gasteiger partial charge in [0.15, 0.2) is 5.72 Å². The highest BCUT2D eigenvalue weighted by molar-refractivity contribution is 8.00. The third-order valence-corrected chi connectivity index (χ3v) is 20.1. The lowest BCUT2D eigenvalue weighted by Crippen LogP contribution is -2.72. The molecule has 0 spiro atoms. The van der Waals surface area contributed by atoms with Gasteiger partial charge in [-0.1, -0.05) is 73.9 Å². The molecule has 5 aliphatic heterocycles. The van der Waals surface area contributed by atoms with Crippen molar-refractivity contribution in [3.8, 4) is 5.75 Å². The first-order chi connectivity index (χ1) is 41.2. The van der Waals surface area contributed by atoms with Crippen LogP contribution in [0.2, 0.25) is 5.02 Å². The van der Waals surface area contributed by atoms with Crippen LogP contribution in [0.25, 0.3) is 11.0 Å². The van der Waals surface area contributed by atoms with Crippen molar-refractivity contribution in [3.05, 3.63) is 81.7 Å². The molecule has 3 N–H and O–H groups in total. The largest absolute Gasteiger partial charge is 0.495 e. The molecule has 472 valence electrons. The summed E-state index contributed by atoms with van der Waals surface area (Å²) in [6.07, 6.45) is 13.0. The third kappa shape index (κ3) is 17.4. The number of nitrogens with zero attached hydrogens (tertiary/aromatic N) is 4. The predicted molar refractivity (Wildman–Crippen MR) is 332 cm³/mol. The van der Waals surface area contributed by atoms with Crippen LogP contribution in [0.4, 0.5) is 10.5 Å². The van der Waals surface area contributed by atoms with Crippen molar-refractivity contribution in [1.82, 2.24) is 25.5 Å². The summed E-state index contributed by atoms with van der Waals surface area (Å²) in [4.78, 5) is 80.9. The molecule has 6 aliphatic rings. The molecule has 2 unspecified atom stereocenters. The molecule has 0 radical (unpaired) electrons. The fraction of sp³-hybridized carbons (Fsp3) is 0.635. The quantitative estimate of drug-likeness (QED) is 0.0795. The highest BCUT2D eigenvalue weighted by Gasteiger charge is 2.63. The Kier molecular flexibility index (Phi) is 24.1. The van der Waals surface area contributed by atoms with Gasteiger partial charge in [-0.3, -0.25) is 19.7 Å². The van der Waals surface area contributed by atoms with E-state index in [2.05, 4.69) is 10.6 Å². The van der Waals surface area contributed by atoms with E-state index in [1.54, 1.807) is 51.2 Å². The van der Waals surface area contributed by atoms with E-state index in [0.29, 0.717) is 60.3 Å². The van der Waals surface area contributed by atoms with Gasteiger partial charge >= 0.3 is 12.1 Å². The molecule has 2 saturated heterocycles. The Balaban J connectivity index is 0.773. The zero-order valence-electron chi connectivity index (χ0n) is 51.1. The molecule has 86 heavy (non-hydrogen) atoms. The maximum atomic E-state index is 14.4. The summed E-state index contributed by atoms with van der Waals surface area (Å²) in [7, 11) is 5.95. The van der Waals surface area contributed by atoms with Gasteiger partial charge in [0.2, 0.25) is 11.8 Å². The van der Waals surface area contributed by atoms with Crippen molar-refractivity contribution in [1.29, 1.82) is 0 Å². The van der Waals surface area contributed by atoms with Crippen LogP contribution in [0.1, 0.15) is 138 Å². The Morgan fingerprint density at radius 2 is 1.55 bits per heavy atom. The van der Waals surface area contributed by atoms with Crippen molar-refractivity contribution in [3.63, 3.8) is 0 Å². The summed E-state index contributed by atoms with van der Waals surface area (Å²) in [6, 6.07) is 8.01. The Morgan fingerprint density at radius 1 is 0.907 bits per heavy atom. The van der Waals surface area contributed by atoms with E-state index in [9.17, 15) is 29.1 Å². The van der Waals surface area contributed by atoms with E-state index in [4.69, 9.17) is 59.5 Å². The number of carbonyl (C=O) groups is 5. The van der Waals surface area contributed by atoms with Crippen LogP contribution in [0.3, 0.4) is 0 Å². The molecule has 9 rings (SSSR count). The van der Waals surface area contributed by atoms with Crippen molar-refractivity contribution in [2.75, 3.05) is 79.4 Å². The molecule has 20 nitrogen and oxygen atoms in total. The maximum absolute atomic E-state index is 14.4. The molecule has 3 aromatic rings. The van der Waals surface area contributed by atoms with Gasteiger partial charge in [-0.2, -0.15) is 23.5 Å². The van der Waals surface area contributed by atoms with Crippen molar-refractivity contribution < 1.29 is 67.0 Å². The summed E-state index contributed by atoms with van der Waals surface area (Å²) in [5, 5.41) is 18.8. The highest BCUT2D eigenvalue weighted by atomic mass is 35.5. The second-order valence-corrected chi connectivity index (χ2v) is 26.6. The molecule has 1 saturated carbocycles. The molecule has 1 aromatic heterocycles. The molecular formula is C63H87ClN6O14S2. The fourth-order valence-corrected chi connectivity index (χ4v) is 15.0. The van der Waals surface area contributed by atoms with Gasteiger partial charge in [-0.25, -0.2) is 19.6 Å². The number of ether oxygens (including phenoxy) is 8. The standard InChI is InChI=1S/C63H87ClN6O14S2/c1-40-16-15-19-52(78-8)63(76)36-54(83-60(75)68-63)62(4)39-61(3,84-62)53(35-56(72)70(6)50-31-42(30-40)32-51(77-7)57(50)64)82-59(74)41(2)69(5)55(71)22-24-79-26-28-81-29-27-80-25-23-65-58(73)43-20-21-46-47(33-43)67-49-38-86-45-18-14-12-10-9-11-13-17-44(34-45)85-37-48(49)66-46/h15-16,19-21,31-33,41,44-45,52-54,76H,9-14,17-18,22-30,34-39H2,1-8H3,(H,65,73)(H,68,75)/b19-15+,40-16+/t41-,44?,45+,52-,53+,54+,61-,62?,63+/m1/s1. The Bertz CT molecular complexity index is 2930. The minimum absolute atomic E-state index is 0.0395. The average molecular weight is 1250 g/mol. The zero-order valence-corrected chi connectivity index (χ0v) is 53.5. The molecule has 6 heterocycles. The van der Waals surface area contributed by atoms with Gasteiger partial charge in [-0.05, 0) is 89.3 Å². The van der Waals surface area contributed by atoms with Gasteiger partial charge in [0.05, 0.1) is 87.7 Å². The molecular weight excluding hydrogens is 1160 g/mol. The van der Waals surface area contributed by atoms with E-state index in [1.807, 2.05) is 48.7 Å². The number of aromatic nitrogens is 2. The second-order valence-electron chi connectivity index (χ2n) is 23.6. The number of likely N-dealkylation sites (N-methyl/N-ethyl adjacent to an activating group) is 1. The van der Waals surface area contributed by atoms with Gasteiger partial charge in [0.25, 0.3) is 5.91 Å². The summed E-state index contributed by atoms with van der Waals surface area (Å²) in [5.41, 5.74) is 1.82. The van der Waals surface area contributed by atoms with Crippen LogP contribution >= 0.6 is 35.1 Å². The SMILES string of the molecule is COc1cc2cc(c1Cl)N(C)C(=O)C[C@H](OC(=O)[C@@H](C)N(C)C(=O)CCOCCOCCOCCNC(=O)c1ccc3nc4c(nc3c1)CS[C@H]1CCCCCCCCC(C1)SC4)[C@@]1(C)CC(C)(O1)[C@@H]1C[C@@](O)(NC(=O)O1)[C@H](OC)/C=C/C=C(\C)C2. The van der Waals surface area contributed by atoms with Crippen LogP contribution in [0, 0.1) is 0 Å². The Hall–Kier alpha value is -5.04. The van der Waals surface area contributed by atoms with Crippen LogP contribution in [-0.4, -0.2) is 176 Å². The number of esters is 1. The second kappa shape index (κ2) is 30.9. The van der Waals surface area contributed by atoms with E-state index in [0.717, 1.165) is 45.1 Å². The monoisotopic (exact) mass is 1250 g/mol. The van der Waals surface area contributed by atoms with Gasteiger partial charge in [0.1, 0.15) is 46.3 Å². The van der Waals surface area contributed by atoms with E-state index in [1.165, 1.54) is 95.8 Å². The molecule has 23 heteroatoms. The number of carbonyl (C=O) groups excluding carboxylic acids is 5. The summed E-state index contributed by atoms with van der Waals surface area (Å²) >= 11 is 10.9. The number of alkyl carbamates (subject to hydrolysis) is 1. The number of halogens is 1. The lowest BCUT2D eigenvalue weighted by Gasteiger charge is -2.59. The number of rotatable bonds is 18. The van der Waals surface area contributed by atoms with Crippen LogP contribution in [-0.2, 0) is 65.5 Å². The Morgan fingerprint density at radius 3 is 2.21 bits per heavy atom. The smallest absolute Gasteiger partial charge is 0.409 e. The first kappa shape index (κ1) is 66.9. The van der Waals surface area contributed by atoms with Gasteiger partial charge < -0.3 is 58.1 Å². The number of aliphatic hydroxyl groups is 1. The number of fused-ring (bicyclic) bond motifs is 10. The molecule has 8 bridgehead atoms. The topological polar surface area (TPSA) is 236 Å². The zero-order chi connectivity index (χ0) is 61.6. The molecule has 2 aromatic carbocycles. The van der Waals surface area contributed by atoms with Crippen LogP contribution < -0.4 is 20.3 Å². The van der Waals surface area contributed by atoms with Crippen LogP contribution in [0.15, 0.2) is 54.1 Å². The van der Waals surface area contributed by atoms with Gasteiger partial charge in [-0.15, -0.1) is 0 Å². The normalized spacial score (nSPS) is 28.0. The van der Waals surface area contributed by atoms with E-state index >= 15 is 0 Å². The minimum atomic E-state index is -1.89. The number of anilines is 1. The molecule has 9 atom stereocenters. The predicted octanol–water partition coefficient (Wildman–Crippen LogP) is 9.21. The number of hydrogen-bond acceptors (Lipinski definition) is 18. The highest BCUT2D eigenvalue weighted by Crippen LogP contribution is 2.51. The van der Waals surface area contributed by atoms with Gasteiger partial charge in [0, 0.05) is 68.2 Å². The number of methoxy groups -OCH3 is 2. The van der Waals surface area contributed by atoms with Crippen LogP contribution in [0.5, 0.6) is 5.75 Å². The minimum Gasteiger partial charge on any atom is -0.495 e. The van der Waals surface area contributed by atoms with Crippen molar-refractivity contribution in [2.24, 2.45) is 0 Å². The number of thioether (sulfide) groups is 2.